The highest BCUT2D eigenvalue weighted by atomic mass is 19.1. The summed E-state index contributed by atoms with van der Waals surface area (Å²) >= 11 is 0. The van der Waals surface area contributed by atoms with Gasteiger partial charge in [-0.25, -0.2) is 4.98 Å². The molecule has 0 aliphatic carbocycles. The predicted molar refractivity (Wildman–Crippen MR) is 61.7 cm³/mol. The van der Waals surface area contributed by atoms with Crippen molar-refractivity contribution in [3.8, 4) is 0 Å². The fourth-order valence-corrected chi connectivity index (χ4v) is 1.24. The van der Waals surface area contributed by atoms with Crippen molar-refractivity contribution in [1.29, 1.82) is 0 Å². The largest absolute Gasteiger partial charge is 0.297 e. The van der Waals surface area contributed by atoms with Crippen LogP contribution in [-0.2, 0) is 0 Å². The topological polar surface area (TPSA) is 54.0 Å². The Kier molecular flexibility index (Phi) is 3.30. The van der Waals surface area contributed by atoms with Gasteiger partial charge in [0.2, 0.25) is 5.95 Å². The van der Waals surface area contributed by atoms with Gasteiger partial charge in [-0.2, -0.15) is 4.39 Å². The smallest absolute Gasteiger partial charge is 0.269 e. The number of aromatic nitrogens is 1. The number of pyridine rings is 1. The van der Waals surface area contributed by atoms with E-state index in [1.165, 1.54) is 18.3 Å². The number of hydrogen-bond donors (Lipinski definition) is 2. The van der Waals surface area contributed by atoms with E-state index < -0.39 is 5.95 Å². The van der Waals surface area contributed by atoms with Gasteiger partial charge in [-0.1, -0.05) is 18.2 Å². The lowest BCUT2D eigenvalue weighted by Crippen LogP contribution is -2.29. The van der Waals surface area contributed by atoms with Gasteiger partial charge in [0.05, 0.1) is 11.9 Å². The summed E-state index contributed by atoms with van der Waals surface area (Å²) in [6.45, 7) is 0. The van der Waals surface area contributed by atoms with Crippen LogP contribution in [0.2, 0.25) is 0 Å². The Labute approximate surface area is 97.5 Å². The van der Waals surface area contributed by atoms with Crippen LogP contribution in [-0.4, -0.2) is 10.9 Å². The monoisotopic (exact) mass is 231 g/mol. The van der Waals surface area contributed by atoms with Gasteiger partial charge in [0.1, 0.15) is 0 Å². The molecule has 0 bridgehead atoms. The van der Waals surface area contributed by atoms with Crippen LogP contribution < -0.4 is 10.9 Å². The van der Waals surface area contributed by atoms with Crippen molar-refractivity contribution in [2.75, 3.05) is 5.43 Å². The summed E-state index contributed by atoms with van der Waals surface area (Å²) in [6.07, 6.45) is 1.29. The van der Waals surface area contributed by atoms with Crippen molar-refractivity contribution in [1.82, 2.24) is 10.4 Å². The van der Waals surface area contributed by atoms with Crippen LogP contribution in [0.5, 0.6) is 0 Å². The summed E-state index contributed by atoms with van der Waals surface area (Å²) in [5, 5.41) is 0. The van der Waals surface area contributed by atoms with E-state index in [-0.39, 0.29) is 5.91 Å². The molecule has 4 nitrogen and oxygen atoms in total. The highest BCUT2D eigenvalue weighted by molar-refractivity contribution is 5.94. The van der Waals surface area contributed by atoms with E-state index in [0.717, 1.165) is 0 Å². The molecule has 1 aromatic carbocycles. The quantitative estimate of drug-likeness (QED) is 0.627. The van der Waals surface area contributed by atoms with E-state index in [4.69, 9.17) is 0 Å². The average molecular weight is 231 g/mol. The van der Waals surface area contributed by atoms with Crippen molar-refractivity contribution in [2.45, 2.75) is 0 Å². The number of halogens is 1. The van der Waals surface area contributed by atoms with Crippen LogP contribution in [0, 0.1) is 5.95 Å². The first-order valence-electron chi connectivity index (χ1n) is 4.98. The molecule has 0 saturated heterocycles. The lowest BCUT2D eigenvalue weighted by Gasteiger charge is -2.07. The molecule has 0 fully saturated rings. The fourth-order valence-electron chi connectivity index (χ4n) is 1.24. The van der Waals surface area contributed by atoms with Gasteiger partial charge >= 0.3 is 0 Å². The van der Waals surface area contributed by atoms with Crippen LogP contribution in [0.1, 0.15) is 10.4 Å². The molecule has 1 amide bonds. The molecule has 0 saturated carbocycles. The van der Waals surface area contributed by atoms with Crippen molar-refractivity contribution in [2.24, 2.45) is 0 Å². The highest BCUT2D eigenvalue weighted by Gasteiger charge is 2.03. The Morgan fingerprint density at radius 3 is 2.53 bits per heavy atom. The zero-order valence-electron chi connectivity index (χ0n) is 8.85. The molecule has 2 aromatic rings. The van der Waals surface area contributed by atoms with Gasteiger partial charge in [0, 0.05) is 5.56 Å². The predicted octanol–water partition coefficient (Wildman–Crippen LogP) is 1.98. The molecule has 1 heterocycles. The molecule has 2 N–H and O–H groups in total. The van der Waals surface area contributed by atoms with Gasteiger partial charge in [-0.05, 0) is 24.3 Å². The second-order valence-electron chi connectivity index (χ2n) is 3.31. The summed E-state index contributed by atoms with van der Waals surface area (Å²) < 4.78 is 12.5. The third-order valence-corrected chi connectivity index (χ3v) is 2.08. The van der Waals surface area contributed by atoms with Gasteiger partial charge in [-0.3, -0.25) is 15.6 Å². The van der Waals surface area contributed by atoms with Crippen molar-refractivity contribution in [3.63, 3.8) is 0 Å². The maximum Gasteiger partial charge on any atom is 0.269 e. The normalized spacial score (nSPS) is 9.71. The minimum Gasteiger partial charge on any atom is -0.297 e. The number of nitrogens with one attached hydrogen (secondary N) is 2. The molecule has 1 aromatic heterocycles. The second-order valence-corrected chi connectivity index (χ2v) is 3.31. The molecule has 86 valence electrons. The van der Waals surface area contributed by atoms with Crippen LogP contribution in [0.3, 0.4) is 0 Å². The highest BCUT2D eigenvalue weighted by Crippen LogP contribution is 2.04. The van der Waals surface area contributed by atoms with Crippen molar-refractivity contribution >= 4 is 11.6 Å². The second kappa shape index (κ2) is 5.07. The molecule has 0 atom stereocenters. The number of anilines is 1. The average Bonchev–Trinajstić information content (AvgIpc) is 2.39. The molecular formula is C12H10FN3O. The van der Waals surface area contributed by atoms with Gasteiger partial charge in [0.15, 0.2) is 0 Å². The zero-order chi connectivity index (χ0) is 12.1. The lowest BCUT2D eigenvalue weighted by atomic mass is 10.2. The third-order valence-electron chi connectivity index (χ3n) is 2.08. The van der Waals surface area contributed by atoms with Crippen molar-refractivity contribution < 1.29 is 9.18 Å². The molecule has 5 heteroatoms. The number of carbonyl (C=O) groups excluding carboxylic acids is 1. The molecule has 2 rings (SSSR count). The van der Waals surface area contributed by atoms with E-state index in [1.807, 2.05) is 6.07 Å². The maximum absolute atomic E-state index is 12.5. The molecule has 0 unspecified atom stereocenters. The van der Waals surface area contributed by atoms with E-state index in [9.17, 15) is 9.18 Å². The molecule has 0 aliphatic rings. The third kappa shape index (κ3) is 3.01. The Balaban J connectivity index is 1.95. The lowest BCUT2D eigenvalue weighted by molar-refractivity contribution is 0.0962. The number of hydrazine groups is 1. The Morgan fingerprint density at radius 2 is 1.88 bits per heavy atom. The first kappa shape index (κ1) is 11.1. The summed E-state index contributed by atoms with van der Waals surface area (Å²) in [4.78, 5) is 15.1. The molecule has 0 aliphatic heterocycles. The minimum absolute atomic E-state index is 0.269. The number of benzene rings is 1. The summed E-state index contributed by atoms with van der Waals surface area (Å²) in [5.41, 5.74) is 6.17. The van der Waals surface area contributed by atoms with Crippen LogP contribution in [0.15, 0.2) is 48.7 Å². The Hall–Kier alpha value is -2.43. The van der Waals surface area contributed by atoms with Crippen LogP contribution >= 0.6 is 0 Å². The van der Waals surface area contributed by atoms with Crippen LogP contribution in [0.4, 0.5) is 10.1 Å². The number of nitrogens with zero attached hydrogens (tertiary/aromatic N) is 1. The summed E-state index contributed by atoms with van der Waals surface area (Å²) in [6, 6.07) is 11.4. The van der Waals surface area contributed by atoms with E-state index in [2.05, 4.69) is 15.8 Å². The first-order valence-corrected chi connectivity index (χ1v) is 4.98. The van der Waals surface area contributed by atoms with Crippen LogP contribution in [0.25, 0.3) is 0 Å². The fraction of sp³-hybridized carbons (Fsp3) is 0. The standard InChI is InChI=1S/C12H10FN3O/c13-11-7-6-10(8-14-11)15-16-12(17)9-4-2-1-3-5-9/h1-8,15H,(H,16,17). The Morgan fingerprint density at radius 1 is 1.12 bits per heavy atom. The van der Waals surface area contributed by atoms with Gasteiger partial charge in [0.25, 0.3) is 5.91 Å². The van der Waals surface area contributed by atoms with Gasteiger partial charge < -0.3 is 0 Å². The number of amides is 1. The molecule has 0 spiro atoms. The van der Waals surface area contributed by atoms with Crippen molar-refractivity contribution in [3.05, 3.63) is 60.2 Å². The van der Waals surface area contributed by atoms with E-state index in [0.29, 0.717) is 11.3 Å². The molecular weight excluding hydrogens is 221 g/mol. The first-order chi connectivity index (χ1) is 8.25. The molecule has 0 radical (unpaired) electrons. The zero-order valence-corrected chi connectivity index (χ0v) is 8.85. The summed E-state index contributed by atoms with van der Waals surface area (Å²) in [7, 11) is 0. The number of hydrogen-bond acceptors (Lipinski definition) is 3. The number of rotatable bonds is 3. The maximum atomic E-state index is 12.5. The van der Waals surface area contributed by atoms with E-state index >= 15 is 0 Å². The SMILES string of the molecule is O=C(NNc1ccc(F)nc1)c1ccccc1. The van der Waals surface area contributed by atoms with Gasteiger partial charge in [-0.15, -0.1) is 0 Å². The van der Waals surface area contributed by atoms with E-state index in [1.54, 1.807) is 24.3 Å². The Bertz CT molecular complexity index is 499. The number of carbonyl (C=O) groups is 1. The summed E-state index contributed by atoms with van der Waals surface area (Å²) in [5.74, 6) is -0.833. The minimum atomic E-state index is -0.565. The molecule has 17 heavy (non-hydrogen) atoms.